The third-order valence-corrected chi connectivity index (χ3v) is 8.54. The number of hydrogen-bond donors (Lipinski definition) is 2. The van der Waals surface area contributed by atoms with E-state index in [2.05, 4.69) is 56.6 Å². The van der Waals surface area contributed by atoms with Crippen molar-refractivity contribution in [3.05, 3.63) is 75.5 Å². The summed E-state index contributed by atoms with van der Waals surface area (Å²) < 4.78 is 2.44. The lowest BCUT2D eigenvalue weighted by Gasteiger charge is -2.29. The number of anilines is 1. The van der Waals surface area contributed by atoms with Gasteiger partial charge in [0.1, 0.15) is 0 Å². The fourth-order valence-corrected chi connectivity index (χ4v) is 6.24. The fraction of sp³-hybridized carbons (Fsp3) is 0.286. The molecule has 2 amide bonds. The van der Waals surface area contributed by atoms with Crippen LogP contribution in [0, 0.1) is 0 Å². The molecule has 1 aliphatic heterocycles. The van der Waals surface area contributed by atoms with Crippen LogP contribution in [0.3, 0.4) is 0 Å². The normalized spacial score (nSPS) is 14.1. The Bertz CT molecular complexity index is 1540. The van der Waals surface area contributed by atoms with E-state index in [1.54, 1.807) is 23.1 Å². The average Bonchev–Trinajstić information content (AvgIpc) is 3.32. The van der Waals surface area contributed by atoms with E-state index in [9.17, 15) is 14.7 Å². The van der Waals surface area contributed by atoms with Gasteiger partial charge in [0.15, 0.2) is 5.16 Å². The van der Waals surface area contributed by atoms with Gasteiger partial charge >= 0.3 is 0 Å². The van der Waals surface area contributed by atoms with E-state index >= 15 is 0 Å². The molecule has 1 aromatic heterocycles. The van der Waals surface area contributed by atoms with E-state index in [0.29, 0.717) is 47.1 Å². The molecule has 0 bridgehead atoms. The topological polar surface area (TPSA) is 100 Å². The number of aromatic nitrogens is 3. The minimum absolute atomic E-state index is 0.0865. The molecule has 11 heteroatoms. The van der Waals surface area contributed by atoms with E-state index in [-0.39, 0.29) is 28.7 Å². The van der Waals surface area contributed by atoms with Gasteiger partial charge in [-0.2, -0.15) is 0 Å². The van der Waals surface area contributed by atoms with Gasteiger partial charge in [-0.05, 0) is 70.4 Å². The van der Waals surface area contributed by atoms with Crippen molar-refractivity contribution >= 4 is 67.6 Å². The number of halogens is 2. The van der Waals surface area contributed by atoms with Gasteiger partial charge in [0.25, 0.3) is 5.91 Å². The van der Waals surface area contributed by atoms with Crippen LogP contribution >= 0.6 is 39.3 Å². The fourth-order valence-electron chi connectivity index (χ4n) is 4.71. The Morgan fingerprint density at radius 3 is 2.56 bits per heavy atom. The van der Waals surface area contributed by atoms with Gasteiger partial charge in [0, 0.05) is 24.0 Å². The van der Waals surface area contributed by atoms with Gasteiger partial charge in [0.2, 0.25) is 10.6 Å². The number of fused-ring (bicyclic) bond motifs is 1. The molecule has 4 aromatic rings. The number of carbonyl (C=O) groups is 2. The number of nitrogens with one attached hydrogen (secondary N) is 1. The number of aryl methyl sites for hydroxylation is 1. The predicted octanol–water partition coefficient (Wildman–Crippen LogP) is 5.73. The quantitative estimate of drug-likeness (QED) is 0.254. The molecule has 8 nitrogen and oxygen atoms in total. The molecule has 0 unspecified atom stereocenters. The summed E-state index contributed by atoms with van der Waals surface area (Å²) in [6.45, 7) is 3.15. The third kappa shape index (κ3) is 5.99. The number of nitrogens with zero attached hydrogens (tertiary/aromatic N) is 4. The second-order valence-electron chi connectivity index (χ2n) is 9.28. The van der Waals surface area contributed by atoms with Gasteiger partial charge in [-0.1, -0.05) is 60.6 Å². The number of thioether (sulfide) groups is 1. The number of benzene rings is 3. The summed E-state index contributed by atoms with van der Waals surface area (Å²) in [5.74, 6) is -0.312. The molecule has 2 heterocycles. The molecule has 0 radical (unpaired) electrons. The van der Waals surface area contributed by atoms with Crippen molar-refractivity contribution in [2.75, 3.05) is 24.2 Å². The Hall–Kier alpha value is -2.92. The molecule has 1 fully saturated rings. The van der Waals surface area contributed by atoms with E-state index < -0.39 is 0 Å². The molecule has 0 aliphatic carbocycles. The van der Waals surface area contributed by atoms with Gasteiger partial charge in [-0.15, -0.1) is 10.2 Å². The van der Waals surface area contributed by atoms with Crippen LogP contribution in [0.5, 0.6) is 0 Å². The van der Waals surface area contributed by atoms with Crippen LogP contribution in [0.1, 0.15) is 35.7 Å². The van der Waals surface area contributed by atoms with E-state index in [1.165, 1.54) is 22.7 Å². The van der Waals surface area contributed by atoms with Crippen LogP contribution in [-0.4, -0.2) is 61.5 Å². The molecule has 2 N–H and O–H groups in total. The first-order valence-electron chi connectivity index (χ1n) is 12.7. The highest BCUT2D eigenvalue weighted by Crippen LogP contribution is 2.32. The number of amides is 2. The zero-order valence-corrected chi connectivity index (χ0v) is 24.4. The highest BCUT2D eigenvalue weighted by molar-refractivity contribution is 9.10. The minimum Gasteiger partial charge on any atom is -0.393 e. The summed E-state index contributed by atoms with van der Waals surface area (Å²) in [6.07, 6.45) is 1.70. The van der Waals surface area contributed by atoms with E-state index in [4.69, 9.17) is 11.6 Å². The number of hydrogen-bond acceptors (Lipinski definition) is 6. The smallest absolute Gasteiger partial charge is 0.253 e. The lowest BCUT2D eigenvalue weighted by atomic mass is 10.0. The van der Waals surface area contributed by atoms with Crippen LogP contribution in [0.2, 0.25) is 5.02 Å². The van der Waals surface area contributed by atoms with Gasteiger partial charge in [0.05, 0.1) is 28.3 Å². The largest absolute Gasteiger partial charge is 0.393 e. The number of carbonyl (C=O) groups excluding carboxylic acids is 2. The van der Waals surface area contributed by atoms with Crippen LogP contribution in [0.4, 0.5) is 5.69 Å². The molecule has 39 heavy (non-hydrogen) atoms. The molecule has 1 aliphatic rings. The standard InChI is InChI=1S/C28H27BrClN5O3S/c1-2-17-8-10-24(21-6-4-3-5-20(17)21)35-27(29)32-33-28(35)39-16-25(37)31-23-9-7-18(15-22(23)30)26(38)34-13-11-19(36)12-14-34/h3-10,15,19,36H,2,11-14,16H2,1H3,(H,31,37). The zero-order valence-electron chi connectivity index (χ0n) is 21.2. The van der Waals surface area contributed by atoms with E-state index in [0.717, 1.165) is 17.5 Å². The van der Waals surface area contributed by atoms with Gasteiger partial charge in [-0.3, -0.25) is 14.2 Å². The molecule has 3 aromatic carbocycles. The average molecular weight is 629 g/mol. The van der Waals surface area contributed by atoms with E-state index in [1.807, 2.05) is 22.8 Å². The lowest BCUT2D eigenvalue weighted by Crippen LogP contribution is -2.40. The Labute approximate surface area is 243 Å². The second-order valence-corrected chi connectivity index (χ2v) is 11.3. The van der Waals surface area contributed by atoms with Crippen LogP contribution in [0.15, 0.2) is 64.5 Å². The Kier molecular flexibility index (Phi) is 8.56. The number of aliphatic hydroxyl groups is 1. The van der Waals surface area contributed by atoms with Gasteiger partial charge < -0.3 is 15.3 Å². The summed E-state index contributed by atoms with van der Waals surface area (Å²) >= 11 is 11.2. The van der Waals surface area contributed by atoms with Crippen molar-refractivity contribution in [1.82, 2.24) is 19.7 Å². The number of likely N-dealkylation sites (tertiary alicyclic amines) is 1. The van der Waals surface area contributed by atoms with Crippen molar-refractivity contribution in [3.8, 4) is 5.69 Å². The maximum absolute atomic E-state index is 12.8. The first kappa shape index (κ1) is 27.6. The van der Waals surface area contributed by atoms with Crippen molar-refractivity contribution in [2.24, 2.45) is 0 Å². The SMILES string of the molecule is CCc1ccc(-n2c(Br)nnc2SCC(=O)Nc2ccc(C(=O)N3CCC(O)CC3)cc2Cl)c2ccccc12. The highest BCUT2D eigenvalue weighted by atomic mass is 79.9. The summed E-state index contributed by atoms with van der Waals surface area (Å²) in [6, 6.07) is 17.2. The second kappa shape index (κ2) is 12.1. The van der Waals surface area contributed by atoms with Crippen LogP contribution in [-0.2, 0) is 11.2 Å². The third-order valence-electron chi connectivity index (χ3n) is 6.78. The maximum Gasteiger partial charge on any atom is 0.253 e. The van der Waals surface area contributed by atoms with Crippen molar-refractivity contribution in [1.29, 1.82) is 0 Å². The summed E-state index contributed by atoms with van der Waals surface area (Å²) in [7, 11) is 0. The van der Waals surface area contributed by atoms with Crippen LogP contribution in [0.25, 0.3) is 16.5 Å². The Morgan fingerprint density at radius 1 is 1.10 bits per heavy atom. The zero-order chi connectivity index (χ0) is 27.5. The Morgan fingerprint density at radius 2 is 1.85 bits per heavy atom. The van der Waals surface area contributed by atoms with Crippen LogP contribution < -0.4 is 5.32 Å². The summed E-state index contributed by atoms with van der Waals surface area (Å²) in [5, 5.41) is 24.1. The summed E-state index contributed by atoms with van der Waals surface area (Å²) in [4.78, 5) is 27.3. The molecule has 1 saturated heterocycles. The van der Waals surface area contributed by atoms with Crippen molar-refractivity contribution < 1.29 is 14.7 Å². The molecule has 0 spiro atoms. The lowest BCUT2D eigenvalue weighted by molar-refractivity contribution is -0.113. The van der Waals surface area contributed by atoms with Crippen molar-refractivity contribution in [2.45, 2.75) is 37.4 Å². The Balaban J connectivity index is 1.28. The molecule has 0 atom stereocenters. The summed E-state index contributed by atoms with van der Waals surface area (Å²) in [5.41, 5.74) is 3.06. The predicted molar refractivity (Wildman–Crippen MR) is 158 cm³/mol. The van der Waals surface area contributed by atoms with Gasteiger partial charge in [-0.25, -0.2) is 0 Å². The molecule has 202 valence electrons. The molecular formula is C28H27BrClN5O3S. The monoisotopic (exact) mass is 627 g/mol. The molecule has 5 rings (SSSR count). The highest BCUT2D eigenvalue weighted by Gasteiger charge is 2.23. The number of rotatable bonds is 7. The minimum atomic E-state index is -0.357. The number of piperidine rings is 1. The molecular weight excluding hydrogens is 602 g/mol. The molecule has 0 saturated carbocycles. The first-order chi connectivity index (χ1) is 18.9. The number of aliphatic hydroxyl groups excluding tert-OH is 1. The maximum atomic E-state index is 12.8. The first-order valence-corrected chi connectivity index (χ1v) is 14.8. The van der Waals surface area contributed by atoms with Crippen molar-refractivity contribution in [3.63, 3.8) is 0 Å².